The van der Waals surface area contributed by atoms with E-state index in [4.69, 9.17) is 48.8 Å². The second kappa shape index (κ2) is 48.0. The van der Waals surface area contributed by atoms with E-state index in [1.165, 1.54) is 94.3 Å². The van der Waals surface area contributed by atoms with E-state index in [1.54, 1.807) is 47.6 Å². The molecule has 43 heteroatoms. The van der Waals surface area contributed by atoms with Crippen LogP contribution in [0.3, 0.4) is 0 Å². The van der Waals surface area contributed by atoms with E-state index in [1.807, 2.05) is 0 Å². The molecule has 4 bridgehead atoms. The number of carboxylic acid groups (broad SMARTS) is 4. The third-order valence-corrected chi connectivity index (χ3v) is 25.3. The summed E-state index contributed by atoms with van der Waals surface area (Å²) < 4.78 is 121. The van der Waals surface area contributed by atoms with Gasteiger partial charge >= 0.3 is 47.9 Å². The van der Waals surface area contributed by atoms with Gasteiger partial charge in [0.05, 0.1) is 29.5 Å². The van der Waals surface area contributed by atoms with Crippen LogP contribution in [-0.4, -0.2) is 244 Å². The topological polar surface area (TPSA) is 464 Å². The van der Waals surface area contributed by atoms with Gasteiger partial charge in [0.1, 0.15) is 48.5 Å². The van der Waals surface area contributed by atoms with Crippen molar-refractivity contribution >= 4 is 166 Å². The summed E-state index contributed by atoms with van der Waals surface area (Å²) in [6, 6.07) is 9.03. The summed E-state index contributed by atoms with van der Waals surface area (Å²) in [5.41, 5.74) is 14.3. The fraction of sp³-hybridized carbons (Fsp3) is 0.625. The number of ketones is 2. The molecule has 3 aliphatic heterocycles. The van der Waals surface area contributed by atoms with E-state index in [0.717, 1.165) is 36.8 Å². The third-order valence-electron chi connectivity index (χ3n) is 14.3. The number of carbonyl (C=O) groups is 9. The van der Waals surface area contributed by atoms with Gasteiger partial charge in [-0.2, -0.15) is 30.0 Å². The first-order chi connectivity index (χ1) is 47.6. The molecule has 2 aromatic rings. The molecule has 6 aliphatic rings. The van der Waals surface area contributed by atoms with Gasteiger partial charge in [-0.15, -0.1) is 33.2 Å². The summed E-state index contributed by atoms with van der Waals surface area (Å²) in [5, 5.41) is 48.3. The number of rotatable bonds is 36. The van der Waals surface area contributed by atoms with Crippen molar-refractivity contribution in [3.63, 3.8) is 0 Å². The Balaban J connectivity index is 0.000000450. The molecule has 3 fully saturated rings. The number of carbonyl (C=O) groups excluding carboxylic acids is 5. The summed E-state index contributed by atoms with van der Waals surface area (Å²) >= 11 is 0. The van der Waals surface area contributed by atoms with Crippen molar-refractivity contribution in [1.29, 1.82) is 0 Å². The maximum atomic E-state index is 12.5. The first-order valence-corrected chi connectivity index (χ1v) is 42.1. The van der Waals surface area contributed by atoms with Gasteiger partial charge in [-0.25, -0.2) is 4.79 Å². The van der Waals surface area contributed by atoms with Gasteiger partial charge in [0.2, 0.25) is 0 Å². The van der Waals surface area contributed by atoms with Crippen molar-refractivity contribution in [2.24, 2.45) is 23.3 Å². The molecule has 0 spiro atoms. The number of hydroxylamine groups is 1. The molecular weight excluding hydrogens is 1530 g/mol. The number of nitrogens with one attached hydrogen (secondary N) is 6. The molecule has 2 aromatic carbocycles. The monoisotopic (exact) mass is 1620 g/mol. The first-order valence-electron chi connectivity index (χ1n) is 31.5. The Hall–Kier alpha value is -3.21. The van der Waals surface area contributed by atoms with E-state index in [-0.39, 0.29) is 40.5 Å². The number of fused-ring (bicyclic) bond motifs is 2. The summed E-state index contributed by atoms with van der Waals surface area (Å²) in [7, 11) is 9.52. The smallest absolute Gasteiger partial charge is 0.471 e. The molecule has 562 valence electrons. The number of carboxylic acids is 4. The zero-order valence-corrected chi connectivity index (χ0v) is 63.9. The Morgan fingerprint density at radius 1 is 0.576 bits per heavy atom. The normalized spacial score (nSPS) is 22.3. The minimum atomic E-state index is -4.99. The quantitative estimate of drug-likeness (QED) is 0.0116. The average Bonchev–Trinajstić information content (AvgIpc) is 0.805. The van der Waals surface area contributed by atoms with Crippen LogP contribution in [0.25, 0.3) is 11.1 Å². The van der Waals surface area contributed by atoms with Crippen molar-refractivity contribution in [2.75, 3.05) is 86.7 Å². The molecule has 0 saturated heterocycles. The molecular formula is C56H88F3N8O21P3S8. The highest BCUT2D eigenvalue weighted by atomic mass is 33.1. The van der Waals surface area contributed by atoms with Gasteiger partial charge in [0.25, 0.3) is 20.2 Å². The van der Waals surface area contributed by atoms with Crippen LogP contribution >= 0.6 is 92.5 Å². The van der Waals surface area contributed by atoms with Crippen LogP contribution in [0.2, 0.25) is 0 Å². The summed E-state index contributed by atoms with van der Waals surface area (Å²) in [4.78, 5) is 104. The van der Waals surface area contributed by atoms with Gasteiger partial charge in [0, 0.05) is 63.0 Å². The van der Waals surface area contributed by atoms with Gasteiger partial charge in [-0.1, -0.05) is 103 Å². The fourth-order valence-corrected chi connectivity index (χ4v) is 17.3. The Labute approximate surface area is 608 Å². The zero-order valence-electron chi connectivity index (χ0n) is 56.9. The van der Waals surface area contributed by atoms with Crippen LogP contribution in [0.15, 0.2) is 58.3 Å². The maximum absolute atomic E-state index is 12.5. The summed E-state index contributed by atoms with van der Waals surface area (Å²) in [5.74, 6) is -5.03. The molecule has 3 aliphatic carbocycles. The minimum absolute atomic E-state index is 0.0179. The standard InChI is InChI=1S/C17H33N3O5P2S2.C16H14O6S2.C12H22N2O4S2.C6H12N2O4S2.C5H7F3NO2P/c1-11-3-4-13(11)20-15(17(23)25-19-7-12(21)8-27)10-29-28-9-14(18-2)16(22)24-5-6-26;17-23(18)13-5-1-11(2-6-13)12-3-7-14(8-4-12)24(19,20)22-16-10-9-15(16)21-23;1-7-3-4-8(7)14-10(12(17)18)6-20-19-5-9(13-2)11(15)16;7-3(5(9)10)1-13-14-2-4(8)6(11)12;6-5(7,8)4(11)9-1-3(10)2-12/h11,13-15,18-20H,3-10,26-27H2,1-2H3;1-8,15-16H,9-10H2;7-10,13-14H,3-6H2,1-2H3,(H,15,16)(H,17,18);3-4H,1-2,7-8H2,(H,9,10)(H,11,12);1-2,12H2,(H,9,11)/t11?,13?,14-,15+;;7?,8?,9-,10+;3-,4+;/m0.0../s1/i6T,8T;;;;2T/t6?,8?,11?,13?,14-,15+;;2m;. The number of benzene rings is 2. The van der Waals surface area contributed by atoms with Gasteiger partial charge in [-0.3, -0.25) is 46.7 Å². The van der Waals surface area contributed by atoms with Crippen LogP contribution in [0, 0.1) is 11.8 Å². The highest BCUT2D eigenvalue weighted by molar-refractivity contribution is 8.77. The van der Waals surface area contributed by atoms with Crippen molar-refractivity contribution < 1.29 is 116 Å². The lowest BCUT2D eigenvalue weighted by Gasteiger charge is -2.36. The number of halogens is 3. The average molecular weight is 1620 g/mol. The number of Topliss-reactive ketones (excluding diaryl/α,β-unsaturated/α-hetero) is 2. The van der Waals surface area contributed by atoms with Gasteiger partial charge in [0.15, 0.2) is 11.6 Å². The number of amides is 1. The summed E-state index contributed by atoms with van der Waals surface area (Å²) in [6.07, 6.45) is -4.19. The van der Waals surface area contributed by atoms with Crippen molar-refractivity contribution in [1.82, 2.24) is 32.1 Å². The lowest BCUT2D eigenvalue weighted by atomic mass is 9.81. The molecule has 29 nitrogen and oxygen atoms in total. The second-order valence-electron chi connectivity index (χ2n) is 21.6. The Kier molecular flexibility index (Phi) is 41.9. The number of esters is 1. The Morgan fingerprint density at radius 3 is 1.30 bits per heavy atom. The molecule has 12 unspecified atom stereocenters. The van der Waals surface area contributed by atoms with E-state index in [2.05, 4.69) is 59.1 Å². The zero-order chi connectivity index (χ0) is 77.2. The molecule has 18 atom stereocenters. The number of alkyl halides is 3. The number of hydrogen-bond acceptors (Lipinski definition) is 30. The van der Waals surface area contributed by atoms with Crippen LogP contribution in [-0.2, 0) is 81.3 Å². The summed E-state index contributed by atoms with van der Waals surface area (Å²) in [6.45, 7) is 3.25. The predicted octanol–water partition coefficient (Wildman–Crippen LogP) is 3.11. The Morgan fingerprint density at radius 2 is 0.960 bits per heavy atom. The largest absolute Gasteiger partial charge is 0.480 e. The van der Waals surface area contributed by atoms with Crippen LogP contribution in [0.4, 0.5) is 13.2 Å². The number of ether oxygens (including phenoxy) is 1. The second-order valence-corrected chi connectivity index (χ2v) is 33.5. The van der Waals surface area contributed by atoms with E-state index >= 15 is 0 Å². The molecule has 14 N–H and O–H groups in total. The van der Waals surface area contributed by atoms with Gasteiger partial charge in [-0.05, 0) is 106 Å². The van der Waals surface area contributed by atoms with Crippen molar-refractivity contribution in [3.8, 4) is 11.1 Å². The van der Waals surface area contributed by atoms with Crippen molar-refractivity contribution in [2.45, 2.75) is 129 Å². The molecule has 99 heavy (non-hydrogen) atoms. The lowest BCUT2D eigenvalue weighted by molar-refractivity contribution is -0.173. The number of nitrogens with two attached hydrogens (primary N) is 2. The SMILES string of the molecule is CN[C@@H](CSSC[C@@H](NC1CCC1C)C(=O)O)C(=O)O.N[C@H](CSSC[C@H](N)C(=O)O)C(=O)O.O=S1(=O)OC2CCC2OS(=O)(=O)c2ccc(cc2)-c2ccc1cc2.[3H]C(P)C(=O)CNC(=O)C(F)(F)F.[3H]C(P)COC(=O)[C@H](CSSC[C@@H](NC1CCC1C)C(=O)ONCC(=O)C([3H])P)NC. The molecule has 1 amide bonds. The fourth-order valence-electron chi connectivity index (χ4n) is 7.71. The molecule has 3 heterocycles. The predicted molar refractivity (Wildman–Crippen MR) is 388 cm³/mol. The third kappa shape index (κ3) is 35.4. The van der Waals surface area contributed by atoms with E-state index in [9.17, 15) is 78.3 Å². The van der Waals surface area contributed by atoms with E-state index in [0.29, 0.717) is 53.7 Å². The number of hydrogen-bond donors (Lipinski definition) is 12. The molecule has 0 aromatic heterocycles. The lowest BCUT2D eigenvalue weighted by Crippen LogP contribution is -2.52. The van der Waals surface area contributed by atoms with Gasteiger partial charge < -0.3 is 68.1 Å². The van der Waals surface area contributed by atoms with Crippen LogP contribution < -0.4 is 43.5 Å². The minimum Gasteiger partial charge on any atom is -0.480 e. The number of aliphatic carboxylic acids is 4. The van der Waals surface area contributed by atoms with Crippen LogP contribution in [0.1, 0.15) is 56.5 Å². The highest BCUT2D eigenvalue weighted by Crippen LogP contribution is 2.35. The molecule has 3 saturated carbocycles. The Bertz CT molecular complexity index is 3160. The molecule has 0 radical (unpaired) electrons. The number of likely N-dealkylation sites (N-methyl/N-ethyl adjacent to an activating group) is 2. The highest BCUT2D eigenvalue weighted by Gasteiger charge is 2.41. The molecule has 8 rings (SSSR count). The van der Waals surface area contributed by atoms with E-state index < -0.39 is 153 Å². The van der Waals surface area contributed by atoms with Crippen LogP contribution in [0.5, 0.6) is 0 Å². The maximum Gasteiger partial charge on any atom is 0.471 e. The van der Waals surface area contributed by atoms with Crippen molar-refractivity contribution in [3.05, 3.63) is 48.5 Å². The first kappa shape index (κ1) is 86.4.